The van der Waals surface area contributed by atoms with Crippen LogP contribution in [-0.4, -0.2) is 6.54 Å². The first kappa shape index (κ1) is 10.1. The van der Waals surface area contributed by atoms with Crippen molar-refractivity contribution >= 4 is 0 Å². The van der Waals surface area contributed by atoms with Crippen molar-refractivity contribution in [2.24, 2.45) is 0 Å². The highest BCUT2D eigenvalue weighted by molar-refractivity contribution is 5.22. The lowest BCUT2D eigenvalue weighted by Crippen LogP contribution is -2.13. The topological polar surface area (TPSA) is 12.0 Å². The van der Waals surface area contributed by atoms with Crippen molar-refractivity contribution in [1.29, 1.82) is 0 Å². The van der Waals surface area contributed by atoms with Gasteiger partial charge in [-0.3, -0.25) is 0 Å². The minimum Gasteiger partial charge on any atom is -0.388 e. The molecule has 1 heteroatoms. The van der Waals surface area contributed by atoms with Crippen LogP contribution in [0.2, 0.25) is 0 Å². The Morgan fingerprint density at radius 2 is 2.38 bits per heavy atom. The summed E-state index contributed by atoms with van der Waals surface area (Å²) in [4.78, 5) is 0. The second-order valence-corrected chi connectivity index (χ2v) is 3.39. The van der Waals surface area contributed by atoms with E-state index in [4.69, 9.17) is 0 Å². The summed E-state index contributed by atoms with van der Waals surface area (Å²) >= 11 is 0. The summed E-state index contributed by atoms with van der Waals surface area (Å²) in [5.41, 5.74) is 2.60. The Bertz CT molecular complexity index is 223. The standard InChI is InChI=1S/C12H19N/c1-3-11(2)13-10-9-12-7-5-4-6-8-12/h5,7-8,13H,2-4,6,9-10H2,1H3. The largest absolute Gasteiger partial charge is 0.388 e. The summed E-state index contributed by atoms with van der Waals surface area (Å²) in [6.07, 6.45) is 11.4. The molecule has 0 fully saturated rings. The van der Waals surface area contributed by atoms with Crippen molar-refractivity contribution in [2.45, 2.75) is 32.6 Å². The smallest absolute Gasteiger partial charge is 0.0184 e. The van der Waals surface area contributed by atoms with E-state index in [0.717, 1.165) is 25.1 Å². The molecule has 0 saturated carbocycles. The number of rotatable bonds is 5. The Kier molecular flexibility index (Phi) is 4.37. The van der Waals surface area contributed by atoms with Gasteiger partial charge in [0.1, 0.15) is 0 Å². The summed E-state index contributed by atoms with van der Waals surface area (Å²) in [7, 11) is 0. The summed E-state index contributed by atoms with van der Waals surface area (Å²) in [5, 5.41) is 3.31. The maximum Gasteiger partial charge on any atom is 0.0184 e. The van der Waals surface area contributed by atoms with Gasteiger partial charge >= 0.3 is 0 Å². The van der Waals surface area contributed by atoms with E-state index in [1.807, 2.05) is 0 Å². The van der Waals surface area contributed by atoms with Gasteiger partial charge in [-0.05, 0) is 25.7 Å². The Morgan fingerprint density at radius 3 is 3.00 bits per heavy atom. The molecule has 0 bridgehead atoms. The number of hydrogen-bond donors (Lipinski definition) is 1. The molecule has 1 nitrogen and oxygen atoms in total. The van der Waals surface area contributed by atoms with Gasteiger partial charge in [-0.25, -0.2) is 0 Å². The molecule has 72 valence electrons. The summed E-state index contributed by atoms with van der Waals surface area (Å²) in [5.74, 6) is 0. The third kappa shape index (κ3) is 3.97. The predicted octanol–water partition coefficient (Wildman–Crippen LogP) is 3.17. The fraction of sp³-hybridized carbons (Fsp3) is 0.500. The molecule has 0 aromatic heterocycles. The average Bonchev–Trinajstić information content (AvgIpc) is 2.19. The molecule has 0 aromatic carbocycles. The van der Waals surface area contributed by atoms with Gasteiger partial charge in [0, 0.05) is 12.2 Å². The highest BCUT2D eigenvalue weighted by atomic mass is 14.9. The molecule has 0 spiro atoms. The van der Waals surface area contributed by atoms with Gasteiger partial charge in [0.25, 0.3) is 0 Å². The Labute approximate surface area is 81.2 Å². The fourth-order valence-corrected chi connectivity index (χ4v) is 1.36. The van der Waals surface area contributed by atoms with Gasteiger partial charge in [0.15, 0.2) is 0 Å². The van der Waals surface area contributed by atoms with Gasteiger partial charge in [-0.15, -0.1) is 0 Å². The van der Waals surface area contributed by atoms with E-state index >= 15 is 0 Å². The van der Waals surface area contributed by atoms with E-state index in [1.54, 1.807) is 0 Å². The van der Waals surface area contributed by atoms with Crippen LogP contribution in [0.1, 0.15) is 32.6 Å². The minimum absolute atomic E-state index is 1.02. The van der Waals surface area contributed by atoms with Crippen LogP contribution in [0.25, 0.3) is 0 Å². The first-order valence-electron chi connectivity index (χ1n) is 5.10. The van der Waals surface area contributed by atoms with Crippen LogP contribution in [0.3, 0.4) is 0 Å². The fourth-order valence-electron chi connectivity index (χ4n) is 1.36. The third-order valence-corrected chi connectivity index (χ3v) is 2.29. The van der Waals surface area contributed by atoms with E-state index < -0.39 is 0 Å². The highest BCUT2D eigenvalue weighted by Crippen LogP contribution is 2.12. The first-order chi connectivity index (χ1) is 6.33. The molecule has 0 amide bonds. The molecule has 0 saturated heterocycles. The molecule has 1 rings (SSSR count). The minimum atomic E-state index is 1.02. The zero-order valence-corrected chi connectivity index (χ0v) is 8.47. The van der Waals surface area contributed by atoms with Crippen molar-refractivity contribution in [3.8, 4) is 0 Å². The Morgan fingerprint density at radius 1 is 1.54 bits per heavy atom. The van der Waals surface area contributed by atoms with Crippen molar-refractivity contribution < 1.29 is 0 Å². The van der Waals surface area contributed by atoms with Crippen LogP contribution in [0.15, 0.2) is 36.1 Å². The summed E-state index contributed by atoms with van der Waals surface area (Å²) < 4.78 is 0. The third-order valence-electron chi connectivity index (χ3n) is 2.29. The molecule has 1 aliphatic rings. The van der Waals surface area contributed by atoms with Gasteiger partial charge in [-0.1, -0.05) is 37.3 Å². The van der Waals surface area contributed by atoms with Gasteiger partial charge in [-0.2, -0.15) is 0 Å². The van der Waals surface area contributed by atoms with Crippen LogP contribution in [0.5, 0.6) is 0 Å². The number of hydrogen-bond acceptors (Lipinski definition) is 1. The normalized spacial score (nSPS) is 15.3. The second-order valence-electron chi connectivity index (χ2n) is 3.39. The summed E-state index contributed by atoms with van der Waals surface area (Å²) in [6, 6.07) is 0. The molecule has 0 unspecified atom stereocenters. The quantitative estimate of drug-likeness (QED) is 0.680. The first-order valence-corrected chi connectivity index (χ1v) is 5.10. The van der Waals surface area contributed by atoms with Gasteiger partial charge < -0.3 is 5.32 Å². The van der Waals surface area contributed by atoms with Crippen molar-refractivity contribution in [1.82, 2.24) is 5.32 Å². The lowest BCUT2D eigenvalue weighted by molar-refractivity contribution is 0.758. The van der Waals surface area contributed by atoms with Crippen LogP contribution in [0, 0.1) is 0 Å². The van der Waals surface area contributed by atoms with E-state index in [2.05, 4.69) is 37.0 Å². The zero-order valence-electron chi connectivity index (χ0n) is 8.47. The molecule has 13 heavy (non-hydrogen) atoms. The van der Waals surface area contributed by atoms with Crippen LogP contribution in [0.4, 0.5) is 0 Å². The SMILES string of the molecule is C=C(CC)NCCC1=CCCC=C1. The highest BCUT2D eigenvalue weighted by Gasteiger charge is 1.96. The zero-order chi connectivity index (χ0) is 9.52. The number of allylic oxidation sites excluding steroid dienone is 4. The second kappa shape index (κ2) is 5.63. The van der Waals surface area contributed by atoms with Crippen molar-refractivity contribution in [3.63, 3.8) is 0 Å². The molecule has 1 aliphatic carbocycles. The Hall–Kier alpha value is -0.980. The van der Waals surface area contributed by atoms with Gasteiger partial charge in [0.05, 0.1) is 0 Å². The predicted molar refractivity (Wildman–Crippen MR) is 58.5 cm³/mol. The van der Waals surface area contributed by atoms with E-state index in [9.17, 15) is 0 Å². The molecular formula is C12H19N. The lowest BCUT2D eigenvalue weighted by atomic mass is 10.0. The van der Waals surface area contributed by atoms with Crippen molar-refractivity contribution in [2.75, 3.05) is 6.54 Å². The maximum atomic E-state index is 3.91. The molecular weight excluding hydrogens is 158 g/mol. The molecule has 0 aromatic rings. The number of nitrogens with one attached hydrogen (secondary N) is 1. The Balaban J connectivity index is 2.15. The summed E-state index contributed by atoms with van der Waals surface area (Å²) in [6.45, 7) is 7.04. The molecule has 0 heterocycles. The molecule has 0 aliphatic heterocycles. The van der Waals surface area contributed by atoms with Crippen LogP contribution < -0.4 is 5.32 Å². The average molecular weight is 177 g/mol. The maximum absolute atomic E-state index is 3.91. The molecule has 0 radical (unpaired) electrons. The van der Waals surface area contributed by atoms with E-state index in [0.29, 0.717) is 0 Å². The molecule has 1 N–H and O–H groups in total. The van der Waals surface area contributed by atoms with Crippen LogP contribution >= 0.6 is 0 Å². The molecule has 0 atom stereocenters. The monoisotopic (exact) mass is 177 g/mol. The van der Waals surface area contributed by atoms with Crippen LogP contribution in [-0.2, 0) is 0 Å². The van der Waals surface area contributed by atoms with E-state index in [1.165, 1.54) is 18.4 Å². The van der Waals surface area contributed by atoms with Gasteiger partial charge in [0.2, 0.25) is 0 Å². The van der Waals surface area contributed by atoms with E-state index in [-0.39, 0.29) is 0 Å². The van der Waals surface area contributed by atoms with Crippen molar-refractivity contribution in [3.05, 3.63) is 36.1 Å². The lowest BCUT2D eigenvalue weighted by Gasteiger charge is -2.09.